The maximum absolute atomic E-state index is 11.7. The molecule has 96 valence electrons. The van der Waals surface area contributed by atoms with Gasteiger partial charge in [-0.25, -0.2) is 8.42 Å². The van der Waals surface area contributed by atoms with Gasteiger partial charge in [-0.15, -0.1) is 0 Å². The maximum Gasteiger partial charge on any atom is 0.309 e. The molecule has 0 fully saturated rings. The highest BCUT2D eigenvalue weighted by atomic mass is 32.2. The van der Waals surface area contributed by atoms with Crippen molar-refractivity contribution in [2.45, 2.75) is 34.1 Å². The van der Waals surface area contributed by atoms with Gasteiger partial charge >= 0.3 is 5.97 Å². The number of sulfone groups is 1. The van der Waals surface area contributed by atoms with Gasteiger partial charge in [-0.1, -0.05) is 27.7 Å². The molecule has 1 unspecified atom stereocenters. The van der Waals surface area contributed by atoms with Gasteiger partial charge in [0, 0.05) is 0 Å². The van der Waals surface area contributed by atoms with Gasteiger partial charge in [-0.05, 0) is 11.8 Å². The molecule has 0 saturated carbocycles. The van der Waals surface area contributed by atoms with Gasteiger partial charge in [-0.2, -0.15) is 0 Å². The first-order valence-corrected chi connectivity index (χ1v) is 7.18. The molecule has 4 nitrogen and oxygen atoms in total. The zero-order chi connectivity index (χ0) is 13.0. The van der Waals surface area contributed by atoms with Crippen molar-refractivity contribution in [2.24, 2.45) is 11.3 Å². The Labute approximate surface area is 98.3 Å². The first-order chi connectivity index (χ1) is 7.07. The van der Waals surface area contributed by atoms with Crippen molar-refractivity contribution < 1.29 is 17.9 Å². The first-order valence-electron chi connectivity index (χ1n) is 5.36. The summed E-state index contributed by atoms with van der Waals surface area (Å²) in [7, 11) is -1.91. The Morgan fingerprint density at radius 1 is 1.31 bits per heavy atom. The van der Waals surface area contributed by atoms with Crippen LogP contribution in [0.3, 0.4) is 0 Å². The number of hydrogen-bond donors (Lipinski definition) is 0. The fourth-order valence-electron chi connectivity index (χ4n) is 1.20. The van der Waals surface area contributed by atoms with Crippen molar-refractivity contribution in [1.82, 2.24) is 0 Å². The standard InChI is InChI=1S/C11H22O4S/c1-9(10(12)15-5)8-16(13,14)7-6-11(2,3)4/h9H,6-8H2,1-5H3. The SMILES string of the molecule is COC(=O)C(C)CS(=O)(=O)CCC(C)(C)C. The summed E-state index contributed by atoms with van der Waals surface area (Å²) in [5.41, 5.74) is -0.0123. The summed E-state index contributed by atoms with van der Waals surface area (Å²) in [6.07, 6.45) is 0.600. The van der Waals surface area contributed by atoms with Crippen LogP contribution in [0.1, 0.15) is 34.1 Å². The second kappa shape index (κ2) is 5.66. The van der Waals surface area contributed by atoms with Crippen LogP contribution >= 0.6 is 0 Å². The molecule has 0 aliphatic rings. The van der Waals surface area contributed by atoms with Gasteiger partial charge in [-0.3, -0.25) is 4.79 Å². The molecule has 1 atom stereocenters. The number of carbonyl (C=O) groups is 1. The lowest BCUT2D eigenvalue weighted by Gasteiger charge is -2.18. The zero-order valence-electron chi connectivity index (χ0n) is 10.7. The van der Waals surface area contributed by atoms with Crippen LogP contribution < -0.4 is 0 Å². The number of carbonyl (C=O) groups excluding carboxylic acids is 1. The van der Waals surface area contributed by atoms with E-state index >= 15 is 0 Å². The molecule has 0 aliphatic carbocycles. The molecule has 0 aromatic heterocycles. The van der Waals surface area contributed by atoms with Crippen molar-refractivity contribution >= 4 is 15.8 Å². The van der Waals surface area contributed by atoms with Crippen LogP contribution in [0, 0.1) is 11.3 Å². The van der Waals surface area contributed by atoms with Crippen LogP contribution in [0.25, 0.3) is 0 Å². The minimum atomic E-state index is -3.17. The van der Waals surface area contributed by atoms with Crippen LogP contribution in [0.5, 0.6) is 0 Å². The Balaban J connectivity index is 4.31. The Hall–Kier alpha value is -0.580. The minimum absolute atomic E-state index is 0.0123. The van der Waals surface area contributed by atoms with Crippen molar-refractivity contribution in [3.8, 4) is 0 Å². The number of ether oxygens (including phenoxy) is 1. The second-order valence-electron chi connectivity index (χ2n) is 5.35. The molecular formula is C11H22O4S. The molecule has 0 aromatic carbocycles. The fraction of sp³-hybridized carbons (Fsp3) is 0.909. The molecule has 0 saturated heterocycles. The van der Waals surface area contributed by atoms with Gasteiger partial charge < -0.3 is 4.74 Å². The van der Waals surface area contributed by atoms with E-state index in [9.17, 15) is 13.2 Å². The van der Waals surface area contributed by atoms with Crippen LogP contribution in [-0.4, -0.2) is 33.0 Å². The highest BCUT2D eigenvalue weighted by molar-refractivity contribution is 7.91. The normalized spacial score (nSPS) is 14.6. The van der Waals surface area contributed by atoms with Crippen LogP contribution in [0.2, 0.25) is 0 Å². The number of hydrogen-bond acceptors (Lipinski definition) is 4. The minimum Gasteiger partial charge on any atom is -0.469 e. The van der Waals surface area contributed by atoms with E-state index in [1.807, 2.05) is 20.8 Å². The molecule has 0 spiro atoms. The maximum atomic E-state index is 11.7. The molecule has 0 radical (unpaired) electrons. The Kier molecular flexibility index (Phi) is 5.46. The number of methoxy groups -OCH3 is 1. The van der Waals surface area contributed by atoms with Gasteiger partial charge in [0.25, 0.3) is 0 Å². The predicted octanol–water partition coefficient (Wildman–Crippen LogP) is 1.65. The van der Waals surface area contributed by atoms with E-state index in [4.69, 9.17) is 0 Å². The summed E-state index contributed by atoms with van der Waals surface area (Å²) in [6.45, 7) is 7.55. The topological polar surface area (TPSA) is 60.4 Å². The number of rotatable bonds is 5. The summed E-state index contributed by atoms with van der Waals surface area (Å²) in [4.78, 5) is 11.1. The third-order valence-corrected chi connectivity index (χ3v) is 4.10. The summed E-state index contributed by atoms with van der Waals surface area (Å²) >= 11 is 0. The largest absolute Gasteiger partial charge is 0.469 e. The molecule has 16 heavy (non-hydrogen) atoms. The highest BCUT2D eigenvalue weighted by Gasteiger charge is 2.23. The lowest BCUT2D eigenvalue weighted by Crippen LogP contribution is -2.25. The van der Waals surface area contributed by atoms with Crippen molar-refractivity contribution in [3.63, 3.8) is 0 Å². The smallest absolute Gasteiger partial charge is 0.309 e. The average Bonchev–Trinajstić information content (AvgIpc) is 2.12. The van der Waals surface area contributed by atoms with Gasteiger partial charge in [0.15, 0.2) is 9.84 Å². The van der Waals surface area contributed by atoms with Gasteiger partial charge in [0.1, 0.15) is 0 Å². The summed E-state index contributed by atoms with van der Waals surface area (Å²) in [5.74, 6) is -1.07. The lowest BCUT2D eigenvalue weighted by molar-refractivity contribution is -0.144. The number of esters is 1. The molecule has 0 bridgehead atoms. The van der Waals surface area contributed by atoms with Crippen LogP contribution in [0.15, 0.2) is 0 Å². The van der Waals surface area contributed by atoms with E-state index in [0.717, 1.165) is 0 Å². The first kappa shape index (κ1) is 15.4. The summed E-state index contributed by atoms with van der Waals surface area (Å²) in [5, 5.41) is 0. The molecule has 0 aliphatic heterocycles. The van der Waals surface area contributed by atoms with Gasteiger partial charge in [0.05, 0.1) is 24.5 Å². The van der Waals surface area contributed by atoms with E-state index in [2.05, 4.69) is 4.74 Å². The summed E-state index contributed by atoms with van der Waals surface area (Å²) < 4.78 is 27.9. The quantitative estimate of drug-likeness (QED) is 0.696. The van der Waals surface area contributed by atoms with Crippen LogP contribution in [-0.2, 0) is 19.4 Å². The molecule has 5 heteroatoms. The van der Waals surface area contributed by atoms with Crippen molar-refractivity contribution in [3.05, 3.63) is 0 Å². The summed E-state index contributed by atoms with van der Waals surface area (Å²) in [6, 6.07) is 0. The van der Waals surface area contributed by atoms with E-state index in [1.54, 1.807) is 6.92 Å². The van der Waals surface area contributed by atoms with Crippen LogP contribution in [0.4, 0.5) is 0 Å². The Morgan fingerprint density at radius 2 is 1.81 bits per heavy atom. The highest BCUT2D eigenvalue weighted by Crippen LogP contribution is 2.20. The molecule has 0 aromatic rings. The van der Waals surface area contributed by atoms with E-state index in [-0.39, 0.29) is 16.9 Å². The van der Waals surface area contributed by atoms with Crippen molar-refractivity contribution in [2.75, 3.05) is 18.6 Å². The van der Waals surface area contributed by atoms with Gasteiger partial charge in [0.2, 0.25) is 0 Å². The third kappa shape index (κ3) is 6.82. The van der Waals surface area contributed by atoms with E-state index < -0.39 is 21.7 Å². The van der Waals surface area contributed by atoms with Crippen molar-refractivity contribution in [1.29, 1.82) is 0 Å². The second-order valence-corrected chi connectivity index (χ2v) is 7.58. The zero-order valence-corrected chi connectivity index (χ0v) is 11.6. The third-order valence-electron chi connectivity index (χ3n) is 2.27. The monoisotopic (exact) mass is 250 g/mol. The Bertz CT molecular complexity index is 324. The lowest BCUT2D eigenvalue weighted by atomic mass is 9.94. The van der Waals surface area contributed by atoms with E-state index in [1.165, 1.54) is 7.11 Å². The average molecular weight is 250 g/mol. The predicted molar refractivity (Wildman–Crippen MR) is 63.9 cm³/mol. The molecule has 0 rings (SSSR count). The van der Waals surface area contributed by atoms with E-state index in [0.29, 0.717) is 6.42 Å². The molecular weight excluding hydrogens is 228 g/mol. The Morgan fingerprint density at radius 3 is 2.19 bits per heavy atom. The fourth-order valence-corrected chi connectivity index (χ4v) is 3.18. The molecule has 0 N–H and O–H groups in total. The molecule has 0 heterocycles. The molecule has 0 amide bonds.